The zero-order valence-electron chi connectivity index (χ0n) is 12.6. The van der Waals surface area contributed by atoms with Crippen molar-refractivity contribution < 1.29 is 4.21 Å². The molecule has 0 amide bonds. The molecule has 0 fully saturated rings. The fraction of sp³-hybridized carbons (Fsp3) is 0.625. The molecule has 0 radical (unpaired) electrons. The van der Waals surface area contributed by atoms with Gasteiger partial charge >= 0.3 is 0 Å². The lowest BCUT2D eigenvalue weighted by molar-refractivity contribution is 0.390. The molecule has 108 valence electrons. The van der Waals surface area contributed by atoms with Gasteiger partial charge in [-0.1, -0.05) is 44.2 Å². The standard InChI is InChI=1S/C16H27NOS/c1-14(17-11-8-12-19(4)18)13-16(2,3)15-9-6-5-7-10-15/h5-7,9-10,14,17H,8,11-13H2,1-4H3. The van der Waals surface area contributed by atoms with Crippen LogP contribution in [-0.2, 0) is 16.2 Å². The summed E-state index contributed by atoms with van der Waals surface area (Å²) in [5.41, 5.74) is 1.57. The first-order valence-corrected chi connectivity index (χ1v) is 8.73. The van der Waals surface area contributed by atoms with Crippen LogP contribution in [0.15, 0.2) is 30.3 Å². The molecule has 2 nitrogen and oxygen atoms in total. The van der Waals surface area contributed by atoms with Gasteiger partial charge in [-0.2, -0.15) is 0 Å². The average Bonchev–Trinajstić information content (AvgIpc) is 2.35. The third kappa shape index (κ3) is 6.35. The Hall–Kier alpha value is -0.670. The van der Waals surface area contributed by atoms with Gasteiger partial charge in [0.15, 0.2) is 0 Å². The van der Waals surface area contributed by atoms with E-state index in [9.17, 15) is 4.21 Å². The minimum absolute atomic E-state index is 0.182. The molecule has 0 aromatic heterocycles. The van der Waals surface area contributed by atoms with Gasteiger partial charge in [0, 0.05) is 28.9 Å². The molecule has 2 atom stereocenters. The smallest absolute Gasteiger partial charge is 0.0244 e. The molecule has 2 unspecified atom stereocenters. The molecule has 0 saturated heterocycles. The summed E-state index contributed by atoms with van der Waals surface area (Å²) in [6, 6.07) is 11.1. The summed E-state index contributed by atoms with van der Waals surface area (Å²) in [6.07, 6.45) is 3.85. The van der Waals surface area contributed by atoms with E-state index < -0.39 is 10.8 Å². The van der Waals surface area contributed by atoms with Crippen LogP contribution in [0.4, 0.5) is 0 Å². The van der Waals surface area contributed by atoms with Crippen LogP contribution in [0.2, 0.25) is 0 Å². The molecule has 3 heteroatoms. The maximum absolute atomic E-state index is 11.0. The van der Waals surface area contributed by atoms with Gasteiger partial charge in [0.05, 0.1) is 0 Å². The van der Waals surface area contributed by atoms with E-state index in [1.807, 2.05) is 0 Å². The maximum atomic E-state index is 11.0. The van der Waals surface area contributed by atoms with E-state index in [0.29, 0.717) is 6.04 Å². The molecular weight excluding hydrogens is 254 g/mol. The van der Waals surface area contributed by atoms with Crippen molar-refractivity contribution >= 4 is 10.8 Å². The zero-order chi connectivity index (χ0) is 14.3. The Bertz CT molecular complexity index is 389. The van der Waals surface area contributed by atoms with Gasteiger partial charge in [-0.15, -0.1) is 0 Å². The van der Waals surface area contributed by atoms with Gasteiger partial charge in [0.1, 0.15) is 0 Å². The summed E-state index contributed by atoms with van der Waals surface area (Å²) >= 11 is 0. The van der Waals surface area contributed by atoms with E-state index >= 15 is 0 Å². The highest BCUT2D eigenvalue weighted by Gasteiger charge is 2.22. The molecule has 0 saturated carbocycles. The highest BCUT2D eigenvalue weighted by molar-refractivity contribution is 7.84. The van der Waals surface area contributed by atoms with Crippen molar-refractivity contribution in [2.45, 2.75) is 45.1 Å². The molecule has 1 aromatic carbocycles. The van der Waals surface area contributed by atoms with Gasteiger partial charge in [-0.25, -0.2) is 0 Å². The normalized spacial score (nSPS) is 15.2. The van der Waals surface area contributed by atoms with Gasteiger partial charge in [-0.05, 0) is 37.3 Å². The number of hydrogen-bond donors (Lipinski definition) is 1. The van der Waals surface area contributed by atoms with Gasteiger partial charge in [0.25, 0.3) is 0 Å². The Morgan fingerprint density at radius 3 is 2.47 bits per heavy atom. The summed E-state index contributed by atoms with van der Waals surface area (Å²) in [5, 5.41) is 3.53. The summed E-state index contributed by atoms with van der Waals surface area (Å²) in [4.78, 5) is 0. The van der Waals surface area contributed by atoms with Crippen molar-refractivity contribution in [2.75, 3.05) is 18.6 Å². The van der Waals surface area contributed by atoms with Crippen molar-refractivity contribution in [2.24, 2.45) is 0 Å². The van der Waals surface area contributed by atoms with E-state index in [1.54, 1.807) is 6.26 Å². The Balaban J connectivity index is 2.38. The SMILES string of the molecule is CC(CC(C)(C)c1ccccc1)NCCCS(C)=O. The van der Waals surface area contributed by atoms with Crippen LogP contribution in [-0.4, -0.2) is 28.8 Å². The zero-order valence-corrected chi connectivity index (χ0v) is 13.4. The summed E-state index contributed by atoms with van der Waals surface area (Å²) in [5.74, 6) is 0.793. The predicted octanol–water partition coefficient (Wildman–Crippen LogP) is 3.10. The molecule has 19 heavy (non-hydrogen) atoms. The van der Waals surface area contributed by atoms with Crippen molar-refractivity contribution in [3.8, 4) is 0 Å². The Morgan fingerprint density at radius 2 is 1.89 bits per heavy atom. The second-order valence-corrected chi connectivity index (χ2v) is 7.49. The van der Waals surface area contributed by atoms with Crippen LogP contribution in [0.3, 0.4) is 0 Å². The van der Waals surface area contributed by atoms with Crippen LogP contribution in [0.5, 0.6) is 0 Å². The Labute approximate surface area is 120 Å². The van der Waals surface area contributed by atoms with Crippen molar-refractivity contribution in [3.63, 3.8) is 0 Å². The lowest BCUT2D eigenvalue weighted by Gasteiger charge is -2.29. The summed E-state index contributed by atoms with van der Waals surface area (Å²) in [7, 11) is -0.669. The monoisotopic (exact) mass is 281 g/mol. The highest BCUT2D eigenvalue weighted by atomic mass is 32.2. The van der Waals surface area contributed by atoms with Crippen LogP contribution in [0.25, 0.3) is 0 Å². The van der Waals surface area contributed by atoms with Crippen LogP contribution >= 0.6 is 0 Å². The summed E-state index contributed by atoms with van der Waals surface area (Å²) < 4.78 is 11.0. The highest BCUT2D eigenvalue weighted by Crippen LogP contribution is 2.27. The molecule has 0 spiro atoms. The van der Waals surface area contributed by atoms with E-state index in [4.69, 9.17) is 0 Å². The van der Waals surface area contributed by atoms with Gasteiger partial charge in [-0.3, -0.25) is 4.21 Å². The Kier molecular flexibility index (Phi) is 6.73. The third-order valence-corrected chi connectivity index (χ3v) is 4.34. The fourth-order valence-corrected chi connectivity index (χ4v) is 3.02. The van der Waals surface area contributed by atoms with Gasteiger partial charge < -0.3 is 5.32 Å². The third-order valence-electron chi connectivity index (χ3n) is 3.47. The molecular formula is C16H27NOS. The first-order valence-electron chi connectivity index (χ1n) is 7.01. The Morgan fingerprint density at radius 1 is 1.26 bits per heavy atom. The topological polar surface area (TPSA) is 29.1 Å². The largest absolute Gasteiger partial charge is 0.314 e. The maximum Gasteiger partial charge on any atom is 0.0244 e. The molecule has 1 aromatic rings. The van der Waals surface area contributed by atoms with Crippen molar-refractivity contribution in [1.82, 2.24) is 5.32 Å². The minimum atomic E-state index is -0.669. The fourth-order valence-electron chi connectivity index (χ4n) is 2.47. The van der Waals surface area contributed by atoms with Crippen LogP contribution < -0.4 is 5.32 Å². The number of rotatable bonds is 8. The minimum Gasteiger partial charge on any atom is -0.314 e. The molecule has 1 N–H and O–H groups in total. The summed E-state index contributed by atoms with van der Waals surface area (Å²) in [6.45, 7) is 7.77. The number of hydrogen-bond acceptors (Lipinski definition) is 2. The second-order valence-electron chi connectivity index (χ2n) is 5.94. The quantitative estimate of drug-likeness (QED) is 0.742. The molecule has 0 aliphatic carbocycles. The lowest BCUT2D eigenvalue weighted by Crippen LogP contribution is -2.34. The molecule has 1 rings (SSSR count). The van der Waals surface area contributed by atoms with Crippen molar-refractivity contribution in [3.05, 3.63) is 35.9 Å². The number of benzene rings is 1. The van der Waals surface area contributed by atoms with Crippen LogP contribution in [0, 0.1) is 0 Å². The van der Waals surface area contributed by atoms with E-state index in [2.05, 4.69) is 56.4 Å². The number of nitrogens with one attached hydrogen (secondary N) is 1. The molecule has 0 aliphatic heterocycles. The van der Waals surface area contributed by atoms with Crippen LogP contribution in [0.1, 0.15) is 39.2 Å². The molecule has 0 bridgehead atoms. The molecule has 0 heterocycles. The van der Waals surface area contributed by atoms with Crippen molar-refractivity contribution in [1.29, 1.82) is 0 Å². The molecule has 0 aliphatic rings. The van der Waals surface area contributed by atoms with E-state index in [1.165, 1.54) is 5.56 Å². The second kappa shape index (κ2) is 7.81. The van der Waals surface area contributed by atoms with E-state index in [-0.39, 0.29) is 5.41 Å². The first-order chi connectivity index (χ1) is 8.92. The average molecular weight is 281 g/mol. The van der Waals surface area contributed by atoms with Gasteiger partial charge in [0.2, 0.25) is 0 Å². The first kappa shape index (κ1) is 16.4. The van der Waals surface area contributed by atoms with E-state index in [0.717, 1.165) is 25.1 Å². The lowest BCUT2D eigenvalue weighted by atomic mass is 9.79. The predicted molar refractivity (Wildman–Crippen MR) is 85.1 cm³/mol.